The Kier molecular flexibility index (Phi) is 15.0. The Morgan fingerprint density at radius 1 is 1.00 bits per heavy atom. The molecular formula is C8H17KO. The van der Waals surface area contributed by atoms with Crippen LogP contribution in [0.2, 0.25) is 0 Å². The minimum Gasteiger partial charge on any atom is -0.381 e. The van der Waals surface area contributed by atoms with Crippen LogP contribution in [0.25, 0.3) is 0 Å². The first-order chi connectivity index (χ1) is 4.23. The van der Waals surface area contributed by atoms with Gasteiger partial charge in [-0.1, -0.05) is 0 Å². The second-order valence-corrected chi connectivity index (χ2v) is 2.82. The number of ether oxygens (including phenoxy) is 1. The first-order valence-corrected chi connectivity index (χ1v) is 3.58. The van der Waals surface area contributed by atoms with Crippen molar-refractivity contribution in [2.45, 2.75) is 33.6 Å². The minimum atomic E-state index is 0. The van der Waals surface area contributed by atoms with Crippen molar-refractivity contribution < 1.29 is 56.1 Å². The summed E-state index contributed by atoms with van der Waals surface area (Å²) < 4.78 is 4.94. The molecule has 1 fully saturated rings. The van der Waals surface area contributed by atoms with Crippen molar-refractivity contribution in [3.8, 4) is 0 Å². The van der Waals surface area contributed by atoms with Crippen LogP contribution >= 0.6 is 0 Å². The third-order valence-corrected chi connectivity index (χ3v) is 0.827. The van der Waals surface area contributed by atoms with Crippen molar-refractivity contribution in [2.24, 2.45) is 0 Å². The summed E-state index contributed by atoms with van der Waals surface area (Å²) in [6.45, 7) is 8.25. The second-order valence-electron chi connectivity index (χ2n) is 2.82. The van der Waals surface area contributed by atoms with E-state index in [0.717, 1.165) is 13.2 Å². The van der Waals surface area contributed by atoms with Crippen molar-refractivity contribution in [3.63, 3.8) is 0 Å². The fraction of sp³-hybridized carbons (Fsp3) is 0.875. The molecule has 1 aliphatic heterocycles. The fourth-order valence-electron chi connectivity index (χ4n) is 0.510. The van der Waals surface area contributed by atoms with E-state index < -0.39 is 0 Å². The molecule has 0 N–H and O–H groups in total. The van der Waals surface area contributed by atoms with E-state index in [-0.39, 0.29) is 51.4 Å². The molecule has 0 aliphatic carbocycles. The zero-order valence-electron chi connectivity index (χ0n) is 7.74. The molecule has 0 unspecified atom stereocenters. The van der Waals surface area contributed by atoms with E-state index in [0.29, 0.717) is 0 Å². The minimum absolute atomic E-state index is 0. The Morgan fingerprint density at radius 2 is 1.30 bits per heavy atom. The van der Waals surface area contributed by atoms with Gasteiger partial charge < -0.3 is 10.7 Å². The molecule has 2 heteroatoms. The largest absolute Gasteiger partial charge is 1.00 e. The zero-order valence-corrected chi connectivity index (χ0v) is 10.9. The Balaban J connectivity index is 0. The number of hydrogen-bond acceptors (Lipinski definition) is 1. The van der Waals surface area contributed by atoms with Crippen LogP contribution in [-0.4, -0.2) is 13.2 Å². The van der Waals surface area contributed by atoms with Crippen LogP contribution < -0.4 is 51.4 Å². The molecule has 10 heavy (non-hydrogen) atoms. The molecule has 0 radical (unpaired) electrons. The average molecular weight is 168 g/mol. The number of rotatable bonds is 0. The molecule has 1 nitrogen and oxygen atoms in total. The molecule has 0 bridgehead atoms. The summed E-state index contributed by atoms with van der Waals surface area (Å²) in [7, 11) is 0. The van der Waals surface area contributed by atoms with E-state index in [9.17, 15) is 0 Å². The van der Waals surface area contributed by atoms with E-state index in [1.807, 2.05) is 0 Å². The topological polar surface area (TPSA) is 9.23 Å². The first kappa shape index (κ1) is 14.1. The van der Waals surface area contributed by atoms with Crippen molar-refractivity contribution >= 4 is 0 Å². The molecule has 0 saturated carbocycles. The van der Waals surface area contributed by atoms with Crippen molar-refractivity contribution in [2.75, 3.05) is 13.2 Å². The van der Waals surface area contributed by atoms with Crippen LogP contribution in [0.3, 0.4) is 0 Å². The van der Waals surface area contributed by atoms with Gasteiger partial charge in [-0.15, -0.1) is 0 Å². The summed E-state index contributed by atoms with van der Waals surface area (Å²) in [5.41, 5.74) is 0. The predicted octanol–water partition coefficient (Wildman–Crippen LogP) is -0.579. The van der Waals surface area contributed by atoms with Crippen molar-refractivity contribution in [3.05, 3.63) is 5.92 Å². The molecule has 0 aromatic carbocycles. The van der Waals surface area contributed by atoms with Gasteiger partial charge in [-0.3, -0.25) is 0 Å². The van der Waals surface area contributed by atoms with Gasteiger partial charge in [0.05, 0.1) is 0 Å². The van der Waals surface area contributed by atoms with Gasteiger partial charge >= 0.3 is 51.4 Å². The van der Waals surface area contributed by atoms with Crippen LogP contribution in [0.4, 0.5) is 0 Å². The maximum absolute atomic E-state index is 4.94. The molecule has 1 saturated heterocycles. The zero-order chi connectivity index (χ0) is 7.11. The van der Waals surface area contributed by atoms with E-state index in [2.05, 4.69) is 20.8 Å². The van der Waals surface area contributed by atoms with Crippen molar-refractivity contribution in [1.29, 1.82) is 0 Å². The maximum atomic E-state index is 4.94. The Labute approximate surface area is 107 Å². The molecule has 56 valence electrons. The van der Waals surface area contributed by atoms with Crippen molar-refractivity contribution in [1.82, 2.24) is 0 Å². The molecular weight excluding hydrogens is 151 g/mol. The molecule has 0 amide bonds. The van der Waals surface area contributed by atoms with Crippen LogP contribution in [0, 0.1) is 5.92 Å². The predicted molar refractivity (Wildman–Crippen MR) is 40.3 cm³/mol. The molecule has 0 aromatic rings. The van der Waals surface area contributed by atoms with E-state index in [4.69, 9.17) is 4.74 Å². The quantitative estimate of drug-likeness (QED) is 0.347. The second kappa shape index (κ2) is 10.6. The number of hydrogen-bond donors (Lipinski definition) is 0. The third kappa shape index (κ3) is 16.3. The first-order valence-electron chi connectivity index (χ1n) is 3.58. The maximum Gasteiger partial charge on any atom is 1.00 e. The molecule has 1 aliphatic rings. The van der Waals surface area contributed by atoms with Gasteiger partial charge in [0.1, 0.15) is 0 Å². The Bertz CT molecular complexity index is 40.9. The van der Waals surface area contributed by atoms with Crippen LogP contribution in [0.1, 0.15) is 33.6 Å². The van der Waals surface area contributed by atoms with E-state index >= 15 is 0 Å². The standard InChI is InChI=1S/C4H8O.C4H9.K/c1-2-4-5-3-1;1-4(2)3;/h1-4H2;1-3H3;/q;-1;+1. The Morgan fingerprint density at radius 3 is 1.40 bits per heavy atom. The molecule has 0 aromatic heterocycles. The normalized spacial score (nSPS) is 15.6. The summed E-state index contributed by atoms with van der Waals surface area (Å²) in [6.07, 6.45) is 2.56. The molecule has 1 heterocycles. The van der Waals surface area contributed by atoms with Gasteiger partial charge in [0.25, 0.3) is 0 Å². The van der Waals surface area contributed by atoms with Gasteiger partial charge in [-0.05, 0) is 12.8 Å². The van der Waals surface area contributed by atoms with Gasteiger partial charge in [0, 0.05) is 13.2 Å². The third-order valence-electron chi connectivity index (χ3n) is 0.827. The monoisotopic (exact) mass is 168 g/mol. The van der Waals surface area contributed by atoms with E-state index in [1.54, 1.807) is 0 Å². The van der Waals surface area contributed by atoms with Crippen LogP contribution in [-0.2, 0) is 4.74 Å². The van der Waals surface area contributed by atoms with Gasteiger partial charge in [0.15, 0.2) is 0 Å². The molecule has 1 rings (SSSR count). The molecule has 0 atom stereocenters. The van der Waals surface area contributed by atoms with Gasteiger partial charge in [-0.25, -0.2) is 0 Å². The van der Waals surface area contributed by atoms with E-state index in [1.165, 1.54) is 18.8 Å². The smallest absolute Gasteiger partial charge is 0.381 e. The molecule has 0 spiro atoms. The van der Waals surface area contributed by atoms with Crippen LogP contribution in [0.15, 0.2) is 0 Å². The van der Waals surface area contributed by atoms with Gasteiger partial charge in [0.2, 0.25) is 0 Å². The van der Waals surface area contributed by atoms with Gasteiger partial charge in [-0.2, -0.15) is 20.8 Å². The average Bonchev–Trinajstić information content (AvgIpc) is 2.11. The SMILES string of the molecule is C1CCOC1.C[C-](C)C.[K+]. The summed E-state index contributed by atoms with van der Waals surface area (Å²) in [6, 6.07) is 0. The summed E-state index contributed by atoms with van der Waals surface area (Å²) in [5.74, 6) is 1.42. The summed E-state index contributed by atoms with van der Waals surface area (Å²) in [5, 5.41) is 0. The fourth-order valence-corrected chi connectivity index (χ4v) is 0.510. The van der Waals surface area contributed by atoms with Crippen LogP contribution in [0.5, 0.6) is 0 Å². The summed E-state index contributed by atoms with van der Waals surface area (Å²) >= 11 is 0. The summed E-state index contributed by atoms with van der Waals surface area (Å²) in [4.78, 5) is 0. The Hall–Kier alpha value is 1.60.